The van der Waals surface area contributed by atoms with Gasteiger partial charge in [0.1, 0.15) is 6.10 Å². The fraction of sp³-hybridized carbons (Fsp3) is 1.00. The number of hydrogen-bond donors (Lipinski definition) is 2. The van der Waals surface area contributed by atoms with E-state index in [1.807, 2.05) is 0 Å². The Hall–Kier alpha value is -0.120. The van der Waals surface area contributed by atoms with E-state index >= 15 is 0 Å². The summed E-state index contributed by atoms with van der Waals surface area (Å²) in [6.07, 6.45) is -0.952. The highest BCUT2D eigenvalue weighted by Gasteiger charge is 2.27. The van der Waals surface area contributed by atoms with Crippen molar-refractivity contribution in [3.8, 4) is 0 Å². The zero-order valence-corrected chi connectivity index (χ0v) is 5.45. The average molecular weight is 132 g/mol. The minimum Gasteiger partial charge on any atom is -0.390 e. The summed E-state index contributed by atoms with van der Waals surface area (Å²) in [7, 11) is 0. The largest absolute Gasteiger partial charge is 0.390 e. The maximum Gasteiger partial charge on any atom is 0.106 e. The van der Waals surface area contributed by atoms with Gasteiger partial charge in [-0.2, -0.15) is 0 Å². The summed E-state index contributed by atoms with van der Waals surface area (Å²) in [5.41, 5.74) is 0. The molecule has 9 heavy (non-hydrogen) atoms. The molecule has 0 aromatic rings. The first-order valence-electron chi connectivity index (χ1n) is 3.19. The molecule has 3 heteroatoms. The lowest BCUT2D eigenvalue weighted by Gasteiger charge is -2.29. The zero-order valence-electron chi connectivity index (χ0n) is 5.45. The number of aliphatic hydroxyl groups excluding tert-OH is 2. The monoisotopic (exact) mass is 132 g/mol. The summed E-state index contributed by atoms with van der Waals surface area (Å²) >= 11 is 0. The molecule has 0 radical (unpaired) electrons. The zero-order chi connectivity index (χ0) is 6.85. The van der Waals surface area contributed by atoms with E-state index in [0.29, 0.717) is 13.0 Å². The second-order valence-electron chi connectivity index (χ2n) is 2.42. The van der Waals surface area contributed by atoms with Crippen LogP contribution in [0.3, 0.4) is 0 Å². The van der Waals surface area contributed by atoms with E-state index in [1.54, 1.807) is 6.92 Å². The molecule has 0 saturated carbocycles. The molecule has 1 rings (SSSR count). The first-order valence-corrected chi connectivity index (χ1v) is 3.19. The first-order chi connectivity index (χ1) is 4.22. The van der Waals surface area contributed by atoms with Crippen LogP contribution in [0.15, 0.2) is 0 Å². The van der Waals surface area contributed by atoms with Crippen molar-refractivity contribution in [3.05, 3.63) is 0 Å². The second kappa shape index (κ2) is 2.64. The van der Waals surface area contributed by atoms with Crippen LogP contribution in [0.2, 0.25) is 0 Å². The Labute approximate surface area is 54.3 Å². The molecule has 2 N–H and O–H groups in total. The summed E-state index contributed by atoms with van der Waals surface area (Å²) in [6, 6.07) is 0. The minimum atomic E-state index is -0.696. The molecule has 0 spiro atoms. The van der Waals surface area contributed by atoms with Gasteiger partial charge in [0, 0.05) is 6.61 Å². The molecule has 1 saturated heterocycles. The van der Waals surface area contributed by atoms with Crippen molar-refractivity contribution in [1.82, 2.24) is 0 Å². The Morgan fingerprint density at radius 2 is 2.11 bits per heavy atom. The summed E-state index contributed by atoms with van der Waals surface area (Å²) < 4.78 is 5.05. The smallest absolute Gasteiger partial charge is 0.106 e. The lowest BCUT2D eigenvalue weighted by molar-refractivity contribution is -0.127. The summed E-state index contributed by atoms with van der Waals surface area (Å²) in [4.78, 5) is 0. The maximum absolute atomic E-state index is 9.07. The van der Waals surface area contributed by atoms with Crippen LogP contribution in [0.5, 0.6) is 0 Å². The van der Waals surface area contributed by atoms with E-state index in [0.717, 1.165) is 0 Å². The highest BCUT2D eigenvalue weighted by atomic mass is 16.5. The lowest BCUT2D eigenvalue weighted by Crippen LogP contribution is -2.42. The van der Waals surface area contributed by atoms with Crippen LogP contribution in [0.1, 0.15) is 13.3 Å². The topological polar surface area (TPSA) is 49.7 Å². The SMILES string of the molecule is C[C@@H]1OCC[C@@H](O)[C@H]1O. The number of hydrogen-bond acceptors (Lipinski definition) is 3. The van der Waals surface area contributed by atoms with Crippen LogP contribution >= 0.6 is 0 Å². The van der Waals surface area contributed by atoms with Crippen molar-refractivity contribution in [2.45, 2.75) is 31.7 Å². The van der Waals surface area contributed by atoms with Crippen molar-refractivity contribution >= 4 is 0 Å². The molecule has 1 aliphatic rings. The highest BCUT2D eigenvalue weighted by Crippen LogP contribution is 2.13. The van der Waals surface area contributed by atoms with E-state index in [1.165, 1.54) is 0 Å². The van der Waals surface area contributed by atoms with Gasteiger partial charge in [-0.15, -0.1) is 0 Å². The van der Waals surface area contributed by atoms with Gasteiger partial charge in [0.05, 0.1) is 12.2 Å². The third-order valence-corrected chi connectivity index (χ3v) is 1.67. The average Bonchev–Trinajstić information content (AvgIpc) is 1.83. The summed E-state index contributed by atoms with van der Waals surface area (Å²) in [5.74, 6) is 0. The van der Waals surface area contributed by atoms with Crippen LogP contribution < -0.4 is 0 Å². The Bertz CT molecular complexity index is 84.3. The molecule has 0 aromatic heterocycles. The van der Waals surface area contributed by atoms with Gasteiger partial charge >= 0.3 is 0 Å². The van der Waals surface area contributed by atoms with Gasteiger partial charge in [-0.05, 0) is 13.3 Å². The van der Waals surface area contributed by atoms with Gasteiger partial charge in [-0.3, -0.25) is 0 Å². The maximum atomic E-state index is 9.07. The predicted molar refractivity (Wildman–Crippen MR) is 32.0 cm³/mol. The molecule has 1 heterocycles. The number of aliphatic hydroxyl groups is 2. The molecule has 0 unspecified atom stereocenters. The van der Waals surface area contributed by atoms with Gasteiger partial charge in [0.25, 0.3) is 0 Å². The number of rotatable bonds is 0. The van der Waals surface area contributed by atoms with Gasteiger partial charge in [0.15, 0.2) is 0 Å². The van der Waals surface area contributed by atoms with Crippen LogP contribution in [-0.4, -0.2) is 35.1 Å². The van der Waals surface area contributed by atoms with Crippen molar-refractivity contribution < 1.29 is 14.9 Å². The number of ether oxygens (including phenoxy) is 1. The molecular weight excluding hydrogens is 120 g/mol. The van der Waals surface area contributed by atoms with E-state index < -0.39 is 12.2 Å². The van der Waals surface area contributed by atoms with Gasteiger partial charge in [-0.1, -0.05) is 0 Å². The van der Waals surface area contributed by atoms with E-state index in [-0.39, 0.29) is 6.10 Å². The first kappa shape index (κ1) is 6.99. The van der Waals surface area contributed by atoms with Gasteiger partial charge in [-0.25, -0.2) is 0 Å². The highest BCUT2D eigenvalue weighted by molar-refractivity contribution is 4.77. The molecule has 0 amide bonds. The fourth-order valence-electron chi connectivity index (χ4n) is 0.957. The molecular formula is C6H12O3. The Morgan fingerprint density at radius 1 is 1.44 bits per heavy atom. The molecule has 1 fully saturated rings. The third kappa shape index (κ3) is 1.41. The molecule has 3 atom stereocenters. The van der Waals surface area contributed by atoms with Crippen molar-refractivity contribution in [2.24, 2.45) is 0 Å². The van der Waals surface area contributed by atoms with E-state index in [9.17, 15) is 0 Å². The minimum absolute atomic E-state index is 0.214. The standard InChI is InChI=1S/C6H12O3/c1-4-6(8)5(7)2-3-9-4/h4-8H,2-3H2,1H3/t4-,5+,6-/m0/s1. The van der Waals surface area contributed by atoms with Gasteiger partial charge < -0.3 is 14.9 Å². The molecule has 54 valence electrons. The van der Waals surface area contributed by atoms with E-state index in [2.05, 4.69) is 0 Å². The van der Waals surface area contributed by atoms with Crippen LogP contribution in [0.4, 0.5) is 0 Å². The van der Waals surface area contributed by atoms with Crippen molar-refractivity contribution in [3.63, 3.8) is 0 Å². The molecule has 3 nitrogen and oxygen atoms in total. The Morgan fingerprint density at radius 3 is 2.56 bits per heavy atom. The van der Waals surface area contributed by atoms with Crippen molar-refractivity contribution in [2.75, 3.05) is 6.61 Å². The second-order valence-corrected chi connectivity index (χ2v) is 2.42. The molecule has 0 aromatic carbocycles. The molecule has 1 aliphatic heterocycles. The predicted octanol–water partition coefficient (Wildman–Crippen LogP) is -0.483. The quantitative estimate of drug-likeness (QED) is 0.468. The van der Waals surface area contributed by atoms with Crippen LogP contribution in [0.25, 0.3) is 0 Å². The molecule has 0 bridgehead atoms. The normalized spacial score (nSPS) is 45.0. The summed E-state index contributed by atoms with van der Waals surface area (Å²) in [5, 5.41) is 18.1. The van der Waals surface area contributed by atoms with Crippen LogP contribution in [0, 0.1) is 0 Å². The van der Waals surface area contributed by atoms with E-state index in [4.69, 9.17) is 14.9 Å². The van der Waals surface area contributed by atoms with Crippen LogP contribution in [-0.2, 0) is 4.74 Å². The Balaban J connectivity index is 2.41. The Kier molecular flexibility index (Phi) is 2.05. The fourth-order valence-corrected chi connectivity index (χ4v) is 0.957. The molecule has 0 aliphatic carbocycles. The summed E-state index contributed by atoms with van der Waals surface area (Å²) in [6.45, 7) is 2.31. The third-order valence-electron chi connectivity index (χ3n) is 1.67. The van der Waals surface area contributed by atoms with Gasteiger partial charge in [0.2, 0.25) is 0 Å². The van der Waals surface area contributed by atoms with Crippen molar-refractivity contribution in [1.29, 1.82) is 0 Å². The lowest BCUT2D eigenvalue weighted by atomic mass is 10.0.